The molecule has 0 saturated carbocycles. The van der Waals surface area contributed by atoms with E-state index in [9.17, 15) is 19.7 Å². The van der Waals surface area contributed by atoms with Crippen LogP contribution >= 0.6 is 0 Å². The van der Waals surface area contributed by atoms with Gasteiger partial charge in [-0.25, -0.2) is 10.2 Å². The van der Waals surface area contributed by atoms with Crippen LogP contribution in [0.2, 0.25) is 0 Å². The molecule has 36 heavy (non-hydrogen) atoms. The van der Waals surface area contributed by atoms with Crippen molar-refractivity contribution in [2.45, 2.75) is 6.92 Å². The number of nitro groups is 1. The monoisotopic (exact) mass is 493 g/mol. The topological polar surface area (TPSA) is 139 Å². The minimum Gasteiger partial charge on any atom is -0.497 e. The summed E-state index contributed by atoms with van der Waals surface area (Å²) in [7, 11) is 1.53. The van der Waals surface area contributed by atoms with E-state index in [1.54, 1.807) is 55.5 Å². The van der Waals surface area contributed by atoms with Crippen LogP contribution in [0.5, 0.6) is 23.0 Å². The fraction of sp³-hybridized carbons (Fsp3) is 0.160. The van der Waals surface area contributed by atoms with Crippen molar-refractivity contribution in [3.8, 4) is 23.0 Å². The quantitative estimate of drug-likeness (QED) is 0.140. The van der Waals surface area contributed by atoms with Gasteiger partial charge < -0.3 is 18.9 Å². The second-order valence-corrected chi connectivity index (χ2v) is 7.06. The second-order valence-electron chi connectivity index (χ2n) is 7.06. The van der Waals surface area contributed by atoms with Gasteiger partial charge in [0.1, 0.15) is 5.75 Å². The maximum absolute atomic E-state index is 12.5. The van der Waals surface area contributed by atoms with Crippen molar-refractivity contribution in [2.75, 3.05) is 20.3 Å². The van der Waals surface area contributed by atoms with Crippen molar-refractivity contribution in [3.05, 3.63) is 88.0 Å². The molecular formula is C25H23N3O8. The molecule has 11 heteroatoms. The van der Waals surface area contributed by atoms with E-state index in [1.807, 2.05) is 0 Å². The summed E-state index contributed by atoms with van der Waals surface area (Å²) in [5.41, 5.74) is 2.93. The number of carbonyl (C=O) groups is 2. The van der Waals surface area contributed by atoms with Crippen LogP contribution in [0.4, 0.5) is 5.69 Å². The van der Waals surface area contributed by atoms with Gasteiger partial charge in [-0.3, -0.25) is 14.9 Å². The van der Waals surface area contributed by atoms with Gasteiger partial charge in [0.2, 0.25) is 0 Å². The highest BCUT2D eigenvalue weighted by Crippen LogP contribution is 2.29. The van der Waals surface area contributed by atoms with Gasteiger partial charge in [0.25, 0.3) is 5.91 Å². The molecule has 186 valence electrons. The first kappa shape index (κ1) is 25.7. The first-order chi connectivity index (χ1) is 17.4. The van der Waals surface area contributed by atoms with E-state index in [-0.39, 0.29) is 17.2 Å². The lowest BCUT2D eigenvalue weighted by molar-refractivity contribution is -0.385. The van der Waals surface area contributed by atoms with E-state index < -0.39 is 23.4 Å². The van der Waals surface area contributed by atoms with Crippen LogP contribution in [0.1, 0.15) is 22.8 Å². The highest BCUT2D eigenvalue weighted by atomic mass is 16.6. The third kappa shape index (κ3) is 7.03. The summed E-state index contributed by atoms with van der Waals surface area (Å²) in [6, 6.07) is 17.0. The van der Waals surface area contributed by atoms with E-state index in [0.717, 1.165) is 0 Å². The molecule has 0 aromatic heterocycles. The van der Waals surface area contributed by atoms with Gasteiger partial charge in [-0.05, 0) is 61.0 Å². The molecule has 0 fully saturated rings. The number of methoxy groups -OCH3 is 1. The zero-order valence-corrected chi connectivity index (χ0v) is 19.5. The second kappa shape index (κ2) is 12.5. The fourth-order valence-corrected chi connectivity index (χ4v) is 2.93. The first-order valence-electron chi connectivity index (χ1n) is 10.7. The van der Waals surface area contributed by atoms with Crippen molar-refractivity contribution in [2.24, 2.45) is 5.10 Å². The molecule has 1 N–H and O–H groups in total. The summed E-state index contributed by atoms with van der Waals surface area (Å²) in [6.45, 7) is 1.65. The summed E-state index contributed by atoms with van der Waals surface area (Å²) in [5.74, 6) is -0.0514. The number of rotatable bonds is 11. The Morgan fingerprint density at radius 3 is 2.44 bits per heavy atom. The molecule has 3 rings (SSSR count). The molecule has 0 radical (unpaired) electrons. The van der Waals surface area contributed by atoms with Gasteiger partial charge in [0, 0.05) is 6.07 Å². The van der Waals surface area contributed by atoms with E-state index >= 15 is 0 Å². The number of hydrogen-bond acceptors (Lipinski definition) is 9. The maximum atomic E-state index is 12.5. The van der Waals surface area contributed by atoms with Gasteiger partial charge in [-0.1, -0.05) is 12.1 Å². The predicted molar refractivity (Wildman–Crippen MR) is 130 cm³/mol. The van der Waals surface area contributed by atoms with Crippen LogP contribution in [0.25, 0.3) is 0 Å². The molecule has 0 aliphatic heterocycles. The largest absolute Gasteiger partial charge is 0.497 e. The van der Waals surface area contributed by atoms with Crippen LogP contribution in [0.15, 0.2) is 71.8 Å². The Morgan fingerprint density at radius 1 is 1.00 bits per heavy atom. The fourth-order valence-electron chi connectivity index (χ4n) is 2.93. The number of nitrogens with one attached hydrogen (secondary N) is 1. The van der Waals surface area contributed by atoms with E-state index in [2.05, 4.69) is 10.5 Å². The average molecular weight is 493 g/mol. The van der Waals surface area contributed by atoms with Gasteiger partial charge in [-0.15, -0.1) is 0 Å². The summed E-state index contributed by atoms with van der Waals surface area (Å²) < 4.78 is 21.3. The van der Waals surface area contributed by atoms with Crippen LogP contribution in [-0.2, 0) is 4.79 Å². The highest BCUT2D eigenvalue weighted by molar-refractivity contribution is 5.92. The van der Waals surface area contributed by atoms with Gasteiger partial charge in [-0.2, -0.15) is 5.10 Å². The van der Waals surface area contributed by atoms with Crippen LogP contribution in [0, 0.1) is 10.1 Å². The third-order valence-electron chi connectivity index (χ3n) is 4.62. The lowest BCUT2D eigenvalue weighted by Gasteiger charge is -2.11. The van der Waals surface area contributed by atoms with Gasteiger partial charge >= 0.3 is 11.7 Å². The Labute approximate surface area is 206 Å². The van der Waals surface area contributed by atoms with Crippen LogP contribution in [-0.4, -0.2) is 43.3 Å². The van der Waals surface area contributed by atoms with Crippen molar-refractivity contribution in [1.82, 2.24) is 5.43 Å². The molecule has 3 aromatic carbocycles. The summed E-state index contributed by atoms with van der Waals surface area (Å²) in [6.07, 6.45) is 1.36. The Kier molecular flexibility index (Phi) is 8.93. The third-order valence-corrected chi connectivity index (χ3v) is 4.62. The number of carbonyl (C=O) groups excluding carboxylic acids is 2. The maximum Gasteiger partial charge on any atom is 0.343 e. The molecule has 11 nitrogen and oxygen atoms in total. The standard InChI is InChI=1S/C25H23N3O8/c1-3-34-23-14-17(8-13-22(23)36-25(30)18-9-11-19(33-2)12-10-18)15-26-27-24(29)16-35-21-7-5-4-6-20(21)28(31)32/h4-15H,3,16H2,1-2H3,(H,27,29)/b26-15+. The Bertz CT molecular complexity index is 1260. The first-order valence-corrected chi connectivity index (χ1v) is 10.7. The molecule has 0 heterocycles. The number of nitrogens with zero attached hydrogens (tertiary/aromatic N) is 2. The van der Waals surface area contributed by atoms with E-state index in [4.69, 9.17) is 18.9 Å². The van der Waals surface area contributed by atoms with Gasteiger partial charge in [0.05, 0.1) is 30.4 Å². The lowest BCUT2D eigenvalue weighted by atomic mass is 10.2. The number of amides is 1. The number of nitro benzene ring substituents is 1. The van der Waals surface area contributed by atoms with Gasteiger partial charge in [0.15, 0.2) is 23.9 Å². The number of benzene rings is 3. The van der Waals surface area contributed by atoms with Crippen LogP contribution < -0.4 is 24.4 Å². The Balaban J connectivity index is 1.60. The van der Waals surface area contributed by atoms with E-state index in [0.29, 0.717) is 29.2 Å². The Morgan fingerprint density at radius 2 is 1.75 bits per heavy atom. The molecule has 0 atom stereocenters. The smallest absolute Gasteiger partial charge is 0.343 e. The van der Waals surface area contributed by atoms with Crippen molar-refractivity contribution in [3.63, 3.8) is 0 Å². The normalized spacial score (nSPS) is 10.5. The van der Waals surface area contributed by atoms with E-state index in [1.165, 1.54) is 31.5 Å². The minimum absolute atomic E-state index is 0.0252. The predicted octanol–water partition coefficient (Wildman–Crippen LogP) is 3.75. The molecule has 0 aliphatic rings. The SMILES string of the molecule is CCOc1cc(/C=N/NC(=O)COc2ccccc2[N+](=O)[O-])ccc1OC(=O)c1ccc(OC)cc1. The summed E-state index contributed by atoms with van der Waals surface area (Å²) >= 11 is 0. The van der Waals surface area contributed by atoms with Crippen molar-refractivity contribution >= 4 is 23.8 Å². The van der Waals surface area contributed by atoms with Crippen molar-refractivity contribution < 1.29 is 33.5 Å². The molecule has 0 aliphatic carbocycles. The zero-order valence-electron chi connectivity index (χ0n) is 19.5. The average Bonchev–Trinajstić information content (AvgIpc) is 2.89. The lowest BCUT2D eigenvalue weighted by Crippen LogP contribution is -2.24. The highest BCUT2D eigenvalue weighted by Gasteiger charge is 2.15. The Hall–Kier alpha value is -4.93. The minimum atomic E-state index is -0.612. The van der Waals surface area contributed by atoms with Crippen LogP contribution in [0.3, 0.4) is 0 Å². The molecule has 0 unspecified atom stereocenters. The molecular weight excluding hydrogens is 470 g/mol. The van der Waals surface area contributed by atoms with Crippen molar-refractivity contribution in [1.29, 1.82) is 0 Å². The summed E-state index contributed by atoms with van der Waals surface area (Å²) in [5, 5.41) is 14.9. The molecule has 1 amide bonds. The number of para-hydroxylation sites is 2. The number of hydrogen-bond donors (Lipinski definition) is 1. The molecule has 0 bridgehead atoms. The molecule has 3 aromatic rings. The number of hydrazone groups is 1. The number of ether oxygens (including phenoxy) is 4. The molecule has 0 spiro atoms. The molecule has 0 saturated heterocycles. The zero-order chi connectivity index (χ0) is 25.9. The number of esters is 1. The summed E-state index contributed by atoms with van der Waals surface area (Å²) in [4.78, 5) is 34.9.